The number of carbonyl (C=O) groups is 1. The predicted octanol–water partition coefficient (Wildman–Crippen LogP) is 2.43. The van der Waals surface area contributed by atoms with Crippen LogP contribution in [0.1, 0.15) is 28.3 Å². The minimum atomic E-state index is -0.769. The van der Waals surface area contributed by atoms with Gasteiger partial charge in [0.1, 0.15) is 17.3 Å². The number of nitrogens with one attached hydrogen (secondary N) is 1. The number of pyridine rings is 2. The van der Waals surface area contributed by atoms with Crippen LogP contribution in [0.15, 0.2) is 65.9 Å². The van der Waals surface area contributed by atoms with Gasteiger partial charge in [-0.2, -0.15) is 5.26 Å². The zero-order valence-electron chi connectivity index (χ0n) is 17.8. The van der Waals surface area contributed by atoms with Crippen molar-refractivity contribution in [3.05, 3.63) is 89.1 Å². The lowest BCUT2D eigenvalue weighted by Gasteiger charge is -2.20. The maximum atomic E-state index is 13.5. The maximum Gasteiger partial charge on any atom is 0.229 e. The van der Waals surface area contributed by atoms with E-state index < -0.39 is 11.8 Å². The molecule has 3 N–H and O–H groups in total. The van der Waals surface area contributed by atoms with Crippen LogP contribution in [-0.4, -0.2) is 46.2 Å². The van der Waals surface area contributed by atoms with E-state index in [0.717, 1.165) is 5.56 Å². The van der Waals surface area contributed by atoms with Crippen LogP contribution in [0.2, 0.25) is 0 Å². The van der Waals surface area contributed by atoms with Crippen LogP contribution >= 0.6 is 0 Å². The lowest BCUT2D eigenvalue weighted by Crippen LogP contribution is -2.26. The molecule has 1 aliphatic heterocycles. The summed E-state index contributed by atoms with van der Waals surface area (Å²) in [6, 6.07) is 13.4. The lowest BCUT2D eigenvalue weighted by molar-refractivity contribution is -0.118. The Labute approximate surface area is 190 Å². The van der Waals surface area contributed by atoms with Crippen molar-refractivity contribution in [2.75, 3.05) is 25.0 Å². The molecule has 3 aromatic rings. The summed E-state index contributed by atoms with van der Waals surface area (Å²) in [6.07, 6.45) is 5.87. The number of nitrogens with zero attached hydrogens (tertiary/aromatic N) is 5. The number of rotatable bonds is 8. The second-order valence-electron chi connectivity index (χ2n) is 7.52. The van der Waals surface area contributed by atoms with Crippen molar-refractivity contribution in [3.8, 4) is 6.19 Å². The number of amides is 1. The Morgan fingerprint density at radius 3 is 2.88 bits per heavy atom. The van der Waals surface area contributed by atoms with Gasteiger partial charge in [0.25, 0.3) is 0 Å². The fraction of sp³-hybridized carbons (Fsp3) is 0.208. The molecule has 0 saturated heterocycles. The number of hydrogen-bond acceptors (Lipinski definition) is 7. The van der Waals surface area contributed by atoms with E-state index in [9.17, 15) is 14.4 Å². The molecule has 1 atom stereocenters. The van der Waals surface area contributed by atoms with E-state index in [1.54, 1.807) is 42.7 Å². The van der Waals surface area contributed by atoms with E-state index in [1.165, 1.54) is 17.0 Å². The van der Waals surface area contributed by atoms with Crippen molar-refractivity contribution in [2.24, 2.45) is 10.7 Å². The summed E-state index contributed by atoms with van der Waals surface area (Å²) in [6.45, 7) is 1.45. The van der Waals surface area contributed by atoms with Gasteiger partial charge in [-0.25, -0.2) is 9.37 Å². The van der Waals surface area contributed by atoms with Crippen molar-refractivity contribution >= 4 is 17.6 Å². The zero-order valence-corrected chi connectivity index (χ0v) is 17.8. The van der Waals surface area contributed by atoms with Gasteiger partial charge in [-0.05, 0) is 41.8 Å². The number of aliphatic imine (C=N–C) groups is 1. The first kappa shape index (κ1) is 21.9. The van der Waals surface area contributed by atoms with Gasteiger partial charge in [0.2, 0.25) is 5.91 Å². The first-order chi connectivity index (χ1) is 16.1. The number of amidine groups is 1. The van der Waals surface area contributed by atoms with Gasteiger partial charge < -0.3 is 11.1 Å². The zero-order chi connectivity index (χ0) is 23.2. The molecule has 2 aromatic heterocycles. The molecule has 4 rings (SSSR count). The molecular formula is C24H22FN7O. The number of benzene rings is 1. The maximum absolute atomic E-state index is 13.5. The van der Waals surface area contributed by atoms with Crippen molar-refractivity contribution < 1.29 is 9.18 Å². The number of anilines is 1. The van der Waals surface area contributed by atoms with E-state index >= 15 is 0 Å². The number of hydrogen-bond donors (Lipinski definition) is 2. The molecule has 1 unspecified atom stereocenters. The van der Waals surface area contributed by atoms with Crippen LogP contribution in [0.25, 0.3) is 0 Å². The van der Waals surface area contributed by atoms with Gasteiger partial charge in [0.05, 0.1) is 19.0 Å². The van der Waals surface area contributed by atoms with Crippen LogP contribution in [0, 0.1) is 17.3 Å². The molecule has 0 bridgehead atoms. The summed E-state index contributed by atoms with van der Waals surface area (Å²) < 4.78 is 13.5. The third kappa shape index (κ3) is 4.96. The highest BCUT2D eigenvalue weighted by Crippen LogP contribution is 2.30. The van der Waals surface area contributed by atoms with Gasteiger partial charge in [0, 0.05) is 24.5 Å². The summed E-state index contributed by atoms with van der Waals surface area (Å²) in [5.41, 5.74) is 8.34. The largest absolute Gasteiger partial charge is 0.369 e. The van der Waals surface area contributed by atoms with Crippen molar-refractivity contribution in [3.63, 3.8) is 0 Å². The molecule has 0 aliphatic carbocycles. The number of primary amides is 1. The minimum absolute atomic E-state index is 0.297. The molecule has 0 spiro atoms. The Bertz CT molecular complexity index is 1220. The second kappa shape index (κ2) is 9.87. The average molecular weight is 443 g/mol. The highest BCUT2D eigenvalue weighted by molar-refractivity contribution is 5.99. The molecule has 3 heterocycles. The molecule has 0 fully saturated rings. The highest BCUT2D eigenvalue weighted by atomic mass is 19.1. The Morgan fingerprint density at radius 1 is 1.27 bits per heavy atom. The topological polar surface area (TPSA) is 120 Å². The van der Waals surface area contributed by atoms with Crippen molar-refractivity contribution in [2.45, 2.75) is 12.3 Å². The number of nitrogens with two attached hydrogens (primary N) is 1. The van der Waals surface area contributed by atoms with Gasteiger partial charge in [-0.15, -0.1) is 0 Å². The van der Waals surface area contributed by atoms with E-state index in [0.29, 0.717) is 54.5 Å². The minimum Gasteiger partial charge on any atom is -0.369 e. The standard InChI is InChI=1S/C24H22FN7O/c25-18-5-1-3-16(13-18)8-10-29-23-19(21(22(27)33)17-4-2-9-28-14-17)6-7-20(31-23)24-30-11-12-32(24)15-26/h1-7,9,13-14,21H,8,10-12H2,(H2,27,33)(H,29,31). The summed E-state index contributed by atoms with van der Waals surface area (Å²) >= 11 is 0. The molecule has 9 heteroatoms. The molecule has 1 aromatic carbocycles. The fourth-order valence-corrected chi connectivity index (χ4v) is 3.79. The van der Waals surface area contributed by atoms with Gasteiger partial charge >= 0.3 is 0 Å². The summed E-state index contributed by atoms with van der Waals surface area (Å²) in [5, 5.41) is 12.6. The third-order valence-corrected chi connectivity index (χ3v) is 5.33. The lowest BCUT2D eigenvalue weighted by atomic mass is 9.91. The summed E-state index contributed by atoms with van der Waals surface area (Å²) in [7, 11) is 0. The molecule has 0 radical (unpaired) electrons. The Balaban J connectivity index is 1.69. The first-order valence-electron chi connectivity index (χ1n) is 10.5. The fourth-order valence-electron chi connectivity index (χ4n) is 3.79. The SMILES string of the molecule is N#CN1CCN=C1c1ccc(C(C(N)=O)c2cccnc2)c(NCCc2cccc(F)c2)n1. The van der Waals surface area contributed by atoms with Crippen molar-refractivity contribution in [1.29, 1.82) is 5.26 Å². The first-order valence-corrected chi connectivity index (χ1v) is 10.5. The Hall–Kier alpha value is -4.32. The van der Waals surface area contributed by atoms with Gasteiger partial charge in [-0.1, -0.05) is 24.3 Å². The van der Waals surface area contributed by atoms with E-state index in [4.69, 9.17) is 10.7 Å². The quantitative estimate of drug-likeness (QED) is 0.516. The van der Waals surface area contributed by atoms with Crippen LogP contribution < -0.4 is 11.1 Å². The Morgan fingerprint density at radius 2 is 2.15 bits per heavy atom. The molecule has 1 amide bonds. The average Bonchev–Trinajstić information content (AvgIpc) is 3.30. The van der Waals surface area contributed by atoms with Crippen LogP contribution in [0.4, 0.5) is 10.2 Å². The van der Waals surface area contributed by atoms with E-state index in [-0.39, 0.29) is 5.82 Å². The number of nitriles is 1. The molecule has 33 heavy (non-hydrogen) atoms. The smallest absolute Gasteiger partial charge is 0.229 e. The molecular weight excluding hydrogens is 421 g/mol. The number of carbonyl (C=O) groups excluding carboxylic acids is 1. The Kier molecular flexibility index (Phi) is 6.55. The van der Waals surface area contributed by atoms with Gasteiger partial charge in [-0.3, -0.25) is 19.7 Å². The monoisotopic (exact) mass is 443 g/mol. The van der Waals surface area contributed by atoms with Crippen molar-refractivity contribution in [1.82, 2.24) is 14.9 Å². The van der Waals surface area contributed by atoms with Crippen LogP contribution in [0.5, 0.6) is 0 Å². The highest BCUT2D eigenvalue weighted by Gasteiger charge is 2.26. The normalized spacial score (nSPS) is 13.8. The summed E-state index contributed by atoms with van der Waals surface area (Å²) in [4.78, 5) is 27.1. The van der Waals surface area contributed by atoms with E-state index in [2.05, 4.69) is 21.5 Å². The number of aromatic nitrogens is 2. The molecule has 8 nitrogen and oxygen atoms in total. The molecule has 1 aliphatic rings. The second-order valence-corrected chi connectivity index (χ2v) is 7.52. The number of halogens is 1. The molecule has 166 valence electrons. The predicted molar refractivity (Wildman–Crippen MR) is 122 cm³/mol. The summed E-state index contributed by atoms with van der Waals surface area (Å²) in [5.74, 6) is -0.676. The van der Waals surface area contributed by atoms with Gasteiger partial charge in [0.15, 0.2) is 12.0 Å². The van der Waals surface area contributed by atoms with Crippen LogP contribution in [-0.2, 0) is 11.2 Å². The van der Waals surface area contributed by atoms with Crippen LogP contribution in [0.3, 0.4) is 0 Å². The third-order valence-electron chi connectivity index (χ3n) is 5.33. The molecule has 0 saturated carbocycles. The van der Waals surface area contributed by atoms with E-state index in [1.807, 2.05) is 6.07 Å².